The molecular formula is C14H15NO4. The summed E-state index contributed by atoms with van der Waals surface area (Å²) in [6, 6.07) is 5.83. The monoisotopic (exact) mass is 261 g/mol. The van der Waals surface area contributed by atoms with Gasteiger partial charge in [0.1, 0.15) is 5.58 Å². The van der Waals surface area contributed by atoms with Gasteiger partial charge in [0, 0.05) is 17.8 Å². The summed E-state index contributed by atoms with van der Waals surface area (Å²) in [5.41, 5.74) is 6.07. The highest BCUT2D eigenvalue weighted by molar-refractivity contribution is 5.89. The van der Waals surface area contributed by atoms with E-state index in [0.29, 0.717) is 11.1 Å². The first-order valence-electron chi connectivity index (χ1n) is 5.98. The van der Waals surface area contributed by atoms with Gasteiger partial charge < -0.3 is 14.9 Å². The Balaban J connectivity index is 2.39. The Labute approximate surface area is 110 Å². The summed E-state index contributed by atoms with van der Waals surface area (Å²) in [5, 5.41) is 0.384. The van der Waals surface area contributed by atoms with Gasteiger partial charge >= 0.3 is 5.97 Å². The maximum Gasteiger partial charge on any atom is 0.374 e. The van der Waals surface area contributed by atoms with Crippen LogP contribution >= 0.6 is 0 Å². The van der Waals surface area contributed by atoms with Crippen LogP contribution in [0.1, 0.15) is 24.4 Å². The van der Waals surface area contributed by atoms with Crippen molar-refractivity contribution in [3.05, 3.63) is 40.2 Å². The van der Waals surface area contributed by atoms with Gasteiger partial charge in [-0.3, -0.25) is 4.79 Å². The molecule has 0 atom stereocenters. The maximum absolute atomic E-state index is 11.8. The van der Waals surface area contributed by atoms with Gasteiger partial charge in [0.05, 0.1) is 12.0 Å². The minimum Gasteiger partial charge on any atom is -0.460 e. The van der Waals surface area contributed by atoms with Gasteiger partial charge in [-0.05, 0) is 18.1 Å². The molecule has 1 heterocycles. The third-order valence-corrected chi connectivity index (χ3v) is 2.50. The van der Waals surface area contributed by atoms with Gasteiger partial charge in [0.15, 0.2) is 5.43 Å². The van der Waals surface area contributed by atoms with E-state index >= 15 is 0 Å². The lowest BCUT2D eigenvalue weighted by atomic mass is 10.2. The fourth-order valence-corrected chi connectivity index (χ4v) is 1.59. The Bertz CT molecular complexity index is 673. The van der Waals surface area contributed by atoms with Gasteiger partial charge in [0.2, 0.25) is 5.76 Å². The van der Waals surface area contributed by atoms with Gasteiger partial charge in [-0.2, -0.15) is 0 Å². The number of rotatable bonds is 3. The van der Waals surface area contributed by atoms with E-state index in [9.17, 15) is 9.59 Å². The van der Waals surface area contributed by atoms with Crippen molar-refractivity contribution in [2.75, 3.05) is 12.3 Å². The third-order valence-electron chi connectivity index (χ3n) is 2.50. The highest BCUT2D eigenvalue weighted by atomic mass is 16.5. The van der Waals surface area contributed by atoms with Gasteiger partial charge in [0.25, 0.3) is 0 Å². The molecule has 0 radical (unpaired) electrons. The molecule has 2 N–H and O–H groups in total. The topological polar surface area (TPSA) is 82.5 Å². The van der Waals surface area contributed by atoms with E-state index in [1.165, 1.54) is 6.07 Å². The van der Waals surface area contributed by atoms with E-state index in [1.807, 2.05) is 13.8 Å². The normalized spacial score (nSPS) is 10.9. The van der Waals surface area contributed by atoms with Crippen molar-refractivity contribution in [3.8, 4) is 0 Å². The number of hydrogen-bond acceptors (Lipinski definition) is 5. The molecule has 0 aliphatic heterocycles. The second kappa shape index (κ2) is 5.14. The maximum atomic E-state index is 11.8. The molecule has 0 saturated heterocycles. The molecule has 5 nitrogen and oxygen atoms in total. The SMILES string of the molecule is CC(C)COC(=O)c1cc(=O)c2ccc(N)cc2o1. The standard InChI is InChI=1S/C14H15NO4/c1-8(2)7-18-14(17)13-6-11(16)10-4-3-9(15)5-12(10)19-13/h3-6,8H,7,15H2,1-2H3. The first-order chi connectivity index (χ1) is 8.97. The fourth-order valence-electron chi connectivity index (χ4n) is 1.59. The molecule has 0 amide bonds. The van der Waals surface area contributed by atoms with Gasteiger partial charge in [-0.1, -0.05) is 13.8 Å². The summed E-state index contributed by atoms with van der Waals surface area (Å²) in [4.78, 5) is 23.6. The number of carbonyl (C=O) groups is 1. The third kappa shape index (κ3) is 2.93. The van der Waals surface area contributed by atoms with Crippen LogP contribution in [0, 0.1) is 5.92 Å². The number of anilines is 1. The van der Waals surface area contributed by atoms with Crippen molar-refractivity contribution in [2.24, 2.45) is 5.92 Å². The Morgan fingerprint density at radius 2 is 2.11 bits per heavy atom. The molecule has 1 aromatic carbocycles. The first kappa shape index (κ1) is 13.1. The molecular weight excluding hydrogens is 246 g/mol. The largest absolute Gasteiger partial charge is 0.460 e. The van der Waals surface area contributed by atoms with Crippen LogP contribution < -0.4 is 11.2 Å². The number of benzene rings is 1. The predicted octanol–water partition coefficient (Wildman–Crippen LogP) is 2.19. The zero-order valence-corrected chi connectivity index (χ0v) is 10.8. The average Bonchev–Trinajstić information content (AvgIpc) is 2.35. The molecule has 0 fully saturated rings. The molecule has 0 bridgehead atoms. The van der Waals surface area contributed by atoms with Crippen molar-refractivity contribution in [1.82, 2.24) is 0 Å². The van der Waals surface area contributed by atoms with Crippen LogP contribution in [0.2, 0.25) is 0 Å². The minimum absolute atomic E-state index is 0.108. The average molecular weight is 261 g/mol. The number of hydrogen-bond donors (Lipinski definition) is 1. The number of nitrogen functional groups attached to an aromatic ring is 1. The lowest BCUT2D eigenvalue weighted by Gasteiger charge is -2.07. The summed E-state index contributed by atoms with van der Waals surface area (Å²) >= 11 is 0. The molecule has 0 spiro atoms. The Kier molecular flexibility index (Phi) is 3.55. The number of fused-ring (bicyclic) bond motifs is 1. The van der Waals surface area contributed by atoms with E-state index in [1.54, 1.807) is 12.1 Å². The highest BCUT2D eigenvalue weighted by Gasteiger charge is 2.14. The molecule has 100 valence electrons. The van der Waals surface area contributed by atoms with Crippen LogP contribution in [0.3, 0.4) is 0 Å². The second-order valence-corrected chi connectivity index (χ2v) is 4.72. The van der Waals surface area contributed by atoms with Crippen molar-refractivity contribution < 1.29 is 13.9 Å². The summed E-state index contributed by atoms with van der Waals surface area (Å²) in [5.74, 6) is -0.536. The van der Waals surface area contributed by atoms with Crippen LogP contribution in [-0.2, 0) is 4.74 Å². The smallest absolute Gasteiger partial charge is 0.374 e. The van der Waals surface area contributed by atoms with E-state index in [4.69, 9.17) is 14.9 Å². The van der Waals surface area contributed by atoms with Crippen LogP contribution in [-0.4, -0.2) is 12.6 Å². The fraction of sp³-hybridized carbons (Fsp3) is 0.286. The molecule has 2 aromatic rings. The lowest BCUT2D eigenvalue weighted by Crippen LogP contribution is -2.13. The number of nitrogens with two attached hydrogens (primary N) is 1. The molecule has 2 rings (SSSR count). The first-order valence-corrected chi connectivity index (χ1v) is 5.98. The number of carbonyl (C=O) groups excluding carboxylic acids is 1. The molecule has 0 aliphatic carbocycles. The molecule has 19 heavy (non-hydrogen) atoms. The van der Waals surface area contributed by atoms with Crippen molar-refractivity contribution in [2.45, 2.75) is 13.8 Å². The van der Waals surface area contributed by atoms with E-state index in [0.717, 1.165) is 6.07 Å². The zero-order valence-electron chi connectivity index (χ0n) is 10.8. The molecule has 5 heteroatoms. The summed E-state index contributed by atoms with van der Waals surface area (Å²) < 4.78 is 10.4. The number of esters is 1. The molecule has 0 unspecified atom stereocenters. The second-order valence-electron chi connectivity index (χ2n) is 4.72. The number of ether oxygens (including phenoxy) is 1. The van der Waals surface area contributed by atoms with Crippen molar-refractivity contribution >= 4 is 22.6 Å². The summed E-state index contributed by atoms with van der Waals surface area (Å²) in [6.07, 6.45) is 0. The van der Waals surface area contributed by atoms with Gasteiger partial charge in [-0.15, -0.1) is 0 Å². The predicted molar refractivity (Wildman–Crippen MR) is 72.0 cm³/mol. The van der Waals surface area contributed by atoms with E-state index < -0.39 is 5.97 Å². The van der Waals surface area contributed by atoms with Crippen LogP contribution in [0.15, 0.2) is 33.5 Å². The molecule has 1 aromatic heterocycles. The minimum atomic E-state index is -0.643. The van der Waals surface area contributed by atoms with E-state index in [2.05, 4.69) is 0 Å². The van der Waals surface area contributed by atoms with Crippen LogP contribution in [0.25, 0.3) is 11.0 Å². The Hall–Kier alpha value is -2.30. The summed E-state index contributed by atoms with van der Waals surface area (Å²) in [6.45, 7) is 4.12. The zero-order chi connectivity index (χ0) is 14.0. The highest BCUT2D eigenvalue weighted by Crippen LogP contribution is 2.16. The quantitative estimate of drug-likeness (QED) is 0.676. The molecule has 0 aliphatic rings. The Morgan fingerprint density at radius 1 is 1.37 bits per heavy atom. The summed E-state index contributed by atoms with van der Waals surface area (Å²) in [7, 11) is 0. The lowest BCUT2D eigenvalue weighted by molar-refractivity contribution is 0.0423. The molecule has 0 saturated carbocycles. The van der Waals surface area contributed by atoms with Gasteiger partial charge in [-0.25, -0.2) is 4.79 Å². The van der Waals surface area contributed by atoms with E-state index in [-0.39, 0.29) is 29.3 Å². The van der Waals surface area contributed by atoms with Crippen LogP contribution in [0.5, 0.6) is 0 Å². The Morgan fingerprint density at radius 3 is 2.79 bits per heavy atom. The van der Waals surface area contributed by atoms with Crippen molar-refractivity contribution in [3.63, 3.8) is 0 Å². The van der Waals surface area contributed by atoms with Crippen LogP contribution in [0.4, 0.5) is 5.69 Å². The van der Waals surface area contributed by atoms with Crippen molar-refractivity contribution in [1.29, 1.82) is 0 Å².